The minimum atomic E-state index is -1.98. The van der Waals surface area contributed by atoms with Crippen LogP contribution >= 0.6 is 0 Å². The molecule has 5 heterocycles. The Morgan fingerprint density at radius 1 is 0.644 bits per heavy atom. The number of quaternary nitrogens is 2. The van der Waals surface area contributed by atoms with Gasteiger partial charge in [-0.15, -0.1) is 35.2 Å². The maximum Gasteiger partial charge on any atom is 0.184 e. The summed E-state index contributed by atoms with van der Waals surface area (Å²) < 4.78 is 118. The van der Waals surface area contributed by atoms with E-state index in [1.807, 2.05) is 61.4 Å². The Morgan fingerprint density at radius 3 is 1.97 bits per heavy atom. The Bertz CT molecular complexity index is 4260. The van der Waals surface area contributed by atoms with Gasteiger partial charge in [-0.3, -0.25) is 4.48 Å². The molecule has 73 heavy (non-hydrogen) atoms. The molecule has 1 saturated heterocycles. The average Bonchev–Trinajstić information content (AvgIpc) is 1.54. The average molecular weight is 1150 g/mol. The Labute approximate surface area is 462 Å². The van der Waals surface area contributed by atoms with Crippen molar-refractivity contribution in [3.63, 3.8) is 0 Å². The van der Waals surface area contributed by atoms with Crippen LogP contribution < -0.4 is 13.7 Å². The minimum absolute atomic E-state index is 0. The second kappa shape index (κ2) is 18.2. The molecule has 366 valence electrons. The van der Waals surface area contributed by atoms with Crippen LogP contribution in [0.2, 0.25) is 0 Å². The summed E-state index contributed by atoms with van der Waals surface area (Å²) in [5.41, 5.74) is 7.58. The van der Waals surface area contributed by atoms with Gasteiger partial charge in [0.25, 0.3) is 0 Å². The minimum Gasteiger partial charge on any atom is -0.509 e. The molecule has 2 aromatic heterocycles. The zero-order chi connectivity index (χ0) is 60.1. The van der Waals surface area contributed by atoms with Gasteiger partial charge < -0.3 is 13.8 Å². The van der Waals surface area contributed by atoms with Gasteiger partial charge in [0.2, 0.25) is 0 Å². The molecule has 0 radical (unpaired) electrons. The second-order valence-electron chi connectivity index (χ2n) is 21.3. The van der Waals surface area contributed by atoms with Crippen LogP contribution in [0, 0.1) is 24.7 Å². The Hall–Kier alpha value is -6.88. The topological polar surface area (TPSA) is 27.1 Å². The van der Waals surface area contributed by atoms with Gasteiger partial charge in [0.1, 0.15) is 11.5 Å². The largest absolute Gasteiger partial charge is 0.509 e. The molecule has 0 saturated carbocycles. The van der Waals surface area contributed by atoms with E-state index in [0.717, 1.165) is 49.9 Å². The fraction of sp³-hybridized carbons (Fsp3) is 0.194. The third-order valence-electron chi connectivity index (χ3n) is 14.0. The molecule has 13 rings (SSSR count). The molecule has 3 aliphatic rings. The smallest absolute Gasteiger partial charge is 0.184 e. The number of aromatic nitrogens is 2. The van der Waals surface area contributed by atoms with Gasteiger partial charge in [0.05, 0.1) is 20.4 Å². The summed E-state index contributed by atoms with van der Waals surface area (Å²) >= 11 is 0. The van der Waals surface area contributed by atoms with Crippen molar-refractivity contribution in [1.29, 1.82) is 0 Å². The second-order valence-corrected chi connectivity index (χ2v) is 21.3. The summed E-state index contributed by atoms with van der Waals surface area (Å²) in [4.78, 5) is 4.94. The van der Waals surface area contributed by atoms with Crippen LogP contribution in [0.5, 0.6) is 11.5 Å². The van der Waals surface area contributed by atoms with Crippen LogP contribution in [0.1, 0.15) is 88.5 Å². The van der Waals surface area contributed by atoms with Gasteiger partial charge >= 0.3 is 0 Å². The van der Waals surface area contributed by atoms with Gasteiger partial charge in [-0.25, -0.2) is 4.98 Å². The zero-order valence-electron chi connectivity index (χ0n) is 54.0. The number of ether oxygens (including phenoxy) is 1. The maximum atomic E-state index is 9.81. The van der Waals surface area contributed by atoms with Crippen LogP contribution in [0.3, 0.4) is 0 Å². The number of hydrogen-bond acceptors (Lipinski definition) is 2. The van der Waals surface area contributed by atoms with Crippen molar-refractivity contribution in [2.75, 3.05) is 6.67 Å². The number of rotatable bonds is 10. The monoisotopic (exact) mass is 1140 g/mol. The van der Waals surface area contributed by atoms with Crippen molar-refractivity contribution in [3.8, 4) is 50.7 Å². The van der Waals surface area contributed by atoms with Crippen molar-refractivity contribution in [1.82, 2.24) is 18.5 Å². The predicted molar refractivity (Wildman–Crippen MR) is 300 cm³/mol. The first kappa shape index (κ1) is 36.1. The number of benzene rings is 8. The fourth-order valence-electron chi connectivity index (χ4n) is 10.7. The van der Waals surface area contributed by atoms with E-state index in [4.69, 9.17) is 17.9 Å². The molecule has 0 spiro atoms. The molecule has 3 aliphatic heterocycles. The molecular weight excluding hydrogens is 1070 g/mol. The molecule has 5 nitrogen and oxygen atoms in total. The molecule has 2 bridgehead atoms. The van der Waals surface area contributed by atoms with Crippen molar-refractivity contribution >= 4 is 44.6 Å². The van der Waals surface area contributed by atoms with Crippen LogP contribution in [0.25, 0.3) is 61.0 Å². The van der Waals surface area contributed by atoms with Gasteiger partial charge in [0, 0.05) is 75.5 Å². The van der Waals surface area contributed by atoms with Crippen molar-refractivity contribution < 1.29 is 42.3 Å². The van der Waals surface area contributed by atoms with Crippen molar-refractivity contribution in [2.24, 2.45) is 5.92 Å². The SMILES string of the molecule is [2H]c1c([2H])c([2H])c(-c2cccc(-c3c([2H])c([2H])c([2H])c([2H])c3[2H])c2[N@+]23[CH-][N@+](c4[c-]c(Oc5[c-]c6c(cc5)c5cc(-c7ccccc7)ccc5n6-c5cc(C(C)(C)C)ccn5)cc(C(C)(C)C)c4)(C2)c2cccc(C([2H])([2H])C(C)C)c23)c([2H])c1[2H].[Pt]. The normalized spacial score (nSPS) is 19.6. The Kier molecular flexibility index (Phi) is 9.03. The number of nitrogens with zero attached hydrogens (tertiary/aromatic N) is 4. The van der Waals surface area contributed by atoms with Gasteiger partial charge in [-0.2, -0.15) is 6.07 Å². The number of para-hydroxylation sites is 2. The van der Waals surface area contributed by atoms with E-state index in [1.54, 1.807) is 38.1 Å². The first-order chi connectivity index (χ1) is 39.6. The molecule has 0 unspecified atom stereocenters. The predicted octanol–water partition coefficient (Wildman–Crippen LogP) is 17.7. The molecule has 2 atom stereocenters. The van der Waals surface area contributed by atoms with E-state index in [-0.39, 0.29) is 70.1 Å². The van der Waals surface area contributed by atoms with Crippen LogP contribution in [-0.2, 0) is 38.3 Å². The van der Waals surface area contributed by atoms with E-state index >= 15 is 0 Å². The van der Waals surface area contributed by atoms with E-state index in [2.05, 4.69) is 107 Å². The number of fused-ring (bicyclic) bond motifs is 3. The summed E-state index contributed by atoms with van der Waals surface area (Å²) in [7, 11) is 0. The summed E-state index contributed by atoms with van der Waals surface area (Å²) in [6, 6.07) is 41.0. The third-order valence-corrected chi connectivity index (χ3v) is 14.0. The molecule has 0 aliphatic carbocycles. The number of pyridine rings is 1. The number of hydrogen-bond donors (Lipinski definition) is 0. The van der Waals surface area contributed by atoms with Crippen molar-refractivity contribution in [2.45, 2.75) is 72.6 Å². The summed E-state index contributed by atoms with van der Waals surface area (Å²) in [5.74, 6) is 0.963. The van der Waals surface area contributed by atoms with Crippen molar-refractivity contribution in [3.05, 3.63) is 223 Å². The zero-order valence-corrected chi connectivity index (χ0v) is 44.3. The first-order valence-electron chi connectivity index (χ1n) is 30.4. The van der Waals surface area contributed by atoms with E-state index in [1.165, 1.54) is 0 Å². The standard InChI is InChI=1S/C67H61N4O.Pt/c1-45(2)36-50-26-18-29-62-64(50)71(65-56(47-22-14-10-15-23-47)27-19-28-57(65)48-24-16-11-17-25-48)43-70(62,44-71)53-38-52(67(6,7)8)39-55(41-53)72-54-31-32-58-59-37-49(46-20-12-9-13-21-46)30-33-60(59)69(61(58)42-54)63-40-51(34-35-68-63)66(3,4)5;/h9-35,37-40,43,45H,36,44H2,1-8H3;/q-1;/t70-,71-;/m1./s1/i10D,11D,14D,15D,16D,17D,22D,23D,24D,25D,36D2;. The molecule has 6 heteroatoms. The van der Waals surface area contributed by atoms with Gasteiger partial charge in [0.15, 0.2) is 18.0 Å². The Morgan fingerprint density at radius 2 is 1.32 bits per heavy atom. The first-order valence-corrected chi connectivity index (χ1v) is 24.4. The van der Waals surface area contributed by atoms with E-state index in [9.17, 15) is 8.22 Å². The third kappa shape index (κ3) is 8.27. The maximum absolute atomic E-state index is 9.81. The molecule has 1 fully saturated rings. The molecule has 8 aromatic carbocycles. The molecule has 0 amide bonds. The van der Waals surface area contributed by atoms with Crippen LogP contribution in [0.15, 0.2) is 188 Å². The summed E-state index contributed by atoms with van der Waals surface area (Å²) in [6.07, 6.45) is -0.139. The van der Waals surface area contributed by atoms with Gasteiger partial charge in [-0.1, -0.05) is 188 Å². The fourth-order valence-corrected chi connectivity index (χ4v) is 10.7. The van der Waals surface area contributed by atoms with Crippen LogP contribution in [0.4, 0.5) is 22.7 Å². The Balaban J connectivity index is 0.00000752. The van der Waals surface area contributed by atoms with E-state index in [0.29, 0.717) is 34.1 Å². The molecular formula is C67H61N4OPt-. The van der Waals surface area contributed by atoms with Crippen LogP contribution in [-0.4, -0.2) is 16.2 Å². The van der Waals surface area contributed by atoms with E-state index < -0.39 is 78.1 Å². The summed E-state index contributed by atoms with van der Waals surface area (Å²) in [6.45, 7) is 18.5. The quantitative estimate of drug-likeness (QED) is 0.101. The molecule has 10 aromatic rings. The summed E-state index contributed by atoms with van der Waals surface area (Å²) in [5, 5.41) is 1.97. The van der Waals surface area contributed by atoms with Gasteiger partial charge in [-0.05, 0) is 86.7 Å². The molecule has 0 N–H and O–H groups in total.